The quantitative estimate of drug-likeness (QED) is 0.830. The summed E-state index contributed by atoms with van der Waals surface area (Å²) in [5.41, 5.74) is 6.72. The second kappa shape index (κ2) is 5.48. The summed E-state index contributed by atoms with van der Waals surface area (Å²) >= 11 is 0. The Morgan fingerprint density at radius 1 is 1.00 bits per heavy atom. The molecule has 0 aromatic rings. The van der Waals surface area contributed by atoms with E-state index < -0.39 is 0 Å². The van der Waals surface area contributed by atoms with Crippen LogP contribution in [0.15, 0.2) is 0 Å². The van der Waals surface area contributed by atoms with Gasteiger partial charge >= 0.3 is 0 Å². The molecule has 0 radical (unpaired) electrons. The first-order valence-corrected chi connectivity index (χ1v) is 8.01. The molecule has 3 rings (SSSR count). The van der Waals surface area contributed by atoms with Gasteiger partial charge in [0.05, 0.1) is 0 Å². The van der Waals surface area contributed by atoms with E-state index in [1.807, 2.05) is 0 Å². The first-order valence-electron chi connectivity index (χ1n) is 8.01. The third kappa shape index (κ3) is 2.89. The van der Waals surface area contributed by atoms with Crippen LogP contribution in [0.5, 0.6) is 0 Å². The fourth-order valence-electron chi connectivity index (χ4n) is 4.15. The van der Waals surface area contributed by atoms with E-state index >= 15 is 0 Å². The van der Waals surface area contributed by atoms with E-state index in [2.05, 4.69) is 9.80 Å². The molecule has 3 fully saturated rings. The summed E-state index contributed by atoms with van der Waals surface area (Å²) in [6, 6.07) is 0.860. The van der Waals surface area contributed by atoms with Crippen molar-refractivity contribution in [2.45, 2.75) is 62.9 Å². The minimum Gasteiger partial charge on any atom is -0.325 e. The molecule has 0 aromatic heterocycles. The fourth-order valence-corrected chi connectivity index (χ4v) is 4.15. The minimum atomic E-state index is 0.172. The van der Waals surface area contributed by atoms with Crippen LogP contribution < -0.4 is 5.73 Å². The molecule has 1 saturated carbocycles. The van der Waals surface area contributed by atoms with Crippen molar-refractivity contribution in [1.82, 2.24) is 9.80 Å². The third-order valence-corrected chi connectivity index (χ3v) is 5.45. The van der Waals surface area contributed by atoms with Gasteiger partial charge in [-0.1, -0.05) is 19.3 Å². The van der Waals surface area contributed by atoms with Crippen LogP contribution in [0.1, 0.15) is 51.4 Å². The van der Waals surface area contributed by atoms with Gasteiger partial charge in [-0.15, -0.1) is 0 Å². The van der Waals surface area contributed by atoms with Gasteiger partial charge in [0.15, 0.2) is 0 Å². The average Bonchev–Trinajstić information content (AvgIpc) is 2.85. The van der Waals surface area contributed by atoms with Crippen LogP contribution >= 0.6 is 0 Å². The van der Waals surface area contributed by atoms with Crippen molar-refractivity contribution in [3.8, 4) is 0 Å². The smallest absolute Gasteiger partial charge is 0.0224 e. The highest BCUT2D eigenvalue weighted by Gasteiger charge is 2.32. The topological polar surface area (TPSA) is 32.5 Å². The molecule has 0 spiro atoms. The summed E-state index contributed by atoms with van der Waals surface area (Å²) < 4.78 is 0. The fraction of sp³-hybridized carbons (Fsp3) is 1.00. The Morgan fingerprint density at radius 3 is 2.67 bits per heavy atom. The zero-order valence-corrected chi connectivity index (χ0v) is 11.7. The lowest BCUT2D eigenvalue weighted by Gasteiger charge is -2.40. The van der Waals surface area contributed by atoms with Crippen molar-refractivity contribution in [2.24, 2.45) is 5.73 Å². The number of nitrogens with two attached hydrogens (primary N) is 1. The average molecular weight is 251 g/mol. The van der Waals surface area contributed by atoms with E-state index in [9.17, 15) is 0 Å². The van der Waals surface area contributed by atoms with Crippen LogP contribution in [0.25, 0.3) is 0 Å². The maximum absolute atomic E-state index is 6.55. The van der Waals surface area contributed by atoms with E-state index in [0.29, 0.717) is 0 Å². The Labute approximate surface area is 112 Å². The zero-order valence-electron chi connectivity index (χ0n) is 11.7. The molecule has 2 saturated heterocycles. The lowest BCUT2D eigenvalue weighted by atomic mass is 9.80. The molecule has 2 heterocycles. The highest BCUT2D eigenvalue weighted by Crippen LogP contribution is 2.29. The lowest BCUT2D eigenvalue weighted by molar-refractivity contribution is 0.0943. The number of hydrogen-bond donors (Lipinski definition) is 1. The highest BCUT2D eigenvalue weighted by atomic mass is 15.3. The molecule has 1 unspecified atom stereocenters. The van der Waals surface area contributed by atoms with Gasteiger partial charge in [-0.3, -0.25) is 4.90 Å². The van der Waals surface area contributed by atoms with Gasteiger partial charge in [-0.2, -0.15) is 0 Å². The Morgan fingerprint density at radius 2 is 1.83 bits per heavy atom. The number of hydrogen-bond acceptors (Lipinski definition) is 3. The molecular formula is C15H29N3. The third-order valence-electron chi connectivity index (χ3n) is 5.45. The van der Waals surface area contributed by atoms with E-state index in [1.54, 1.807) is 0 Å². The maximum Gasteiger partial charge on any atom is 0.0224 e. The van der Waals surface area contributed by atoms with Crippen LogP contribution in [0.3, 0.4) is 0 Å². The molecule has 2 N–H and O–H groups in total. The minimum absolute atomic E-state index is 0.172. The zero-order chi connectivity index (χ0) is 12.4. The Kier molecular flexibility index (Phi) is 3.92. The van der Waals surface area contributed by atoms with Gasteiger partial charge in [-0.25, -0.2) is 0 Å². The summed E-state index contributed by atoms with van der Waals surface area (Å²) in [5, 5.41) is 0. The highest BCUT2D eigenvalue weighted by molar-refractivity contribution is 4.91. The summed E-state index contributed by atoms with van der Waals surface area (Å²) in [6.45, 7) is 6.45. The molecule has 0 bridgehead atoms. The standard InChI is InChI=1S/C15H29N3/c16-15(6-2-1-3-7-15)8-10-17-11-12-18-9-4-5-14(18)13-17/h14H,1-13,16H2. The first-order chi connectivity index (χ1) is 8.75. The van der Waals surface area contributed by atoms with Crippen LogP contribution in [0.2, 0.25) is 0 Å². The van der Waals surface area contributed by atoms with Crippen molar-refractivity contribution in [3.05, 3.63) is 0 Å². The van der Waals surface area contributed by atoms with E-state index in [-0.39, 0.29) is 5.54 Å². The molecule has 1 atom stereocenters. The van der Waals surface area contributed by atoms with Crippen molar-refractivity contribution < 1.29 is 0 Å². The molecule has 18 heavy (non-hydrogen) atoms. The SMILES string of the molecule is NC1(CCN2CCN3CCCC3C2)CCCCC1. The molecule has 3 nitrogen and oxygen atoms in total. The molecule has 3 aliphatic rings. The van der Waals surface area contributed by atoms with Gasteiger partial charge in [0.1, 0.15) is 0 Å². The molecular weight excluding hydrogens is 222 g/mol. The molecule has 3 heteroatoms. The van der Waals surface area contributed by atoms with Crippen molar-refractivity contribution in [2.75, 3.05) is 32.7 Å². The van der Waals surface area contributed by atoms with E-state index in [4.69, 9.17) is 5.73 Å². The van der Waals surface area contributed by atoms with Gasteiger partial charge in [0, 0.05) is 31.2 Å². The van der Waals surface area contributed by atoms with Crippen molar-refractivity contribution in [1.29, 1.82) is 0 Å². The van der Waals surface area contributed by atoms with Gasteiger partial charge in [-0.05, 0) is 45.2 Å². The van der Waals surface area contributed by atoms with Crippen LogP contribution in [0.4, 0.5) is 0 Å². The largest absolute Gasteiger partial charge is 0.325 e. The number of piperazine rings is 1. The maximum atomic E-state index is 6.55. The molecule has 0 amide bonds. The Bertz CT molecular complexity index is 273. The van der Waals surface area contributed by atoms with E-state index in [0.717, 1.165) is 6.04 Å². The van der Waals surface area contributed by atoms with Gasteiger partial charge in [0.2, 0.25) is 0 Å². The summed E-state index contributed by atoms with van der Waals surface area (Å²) in [6.07, 6.45) is 10.7. The van der Waals surface area contributed by atoms with E-state index in [1.165, 1.54) is 84.1 Å². The monoisotopic (exact) mass is 251 g/mol. The second-order valence-electron chi connectivity index (χ2n) is 6.81. The molecule has 2 aliphatic heterocycles. The number of nitrogens with zero attached hydrogens (tertiary/aromatic N) is 2. The van der Waals surface area contributed by atoms with Crippen molar-refractivity contribution >= 4 is 0 Å². The van der Waals surface area contributed by atoms with Gasteiger partial charge in [0.25, 0.3) is 0 Å². The van der Waals surface area contributed by atoms with Crippen molar-refractivity contribution in [3.63, 3.8) is 0 Å². The van der Waals surface area contributed by atoms with Gasteiger partial charge < -0.3 is 10.6 Å². The van der Waals surface area contributed by atoms with Crippen LogP contribution in [0, 0.1) is 0 Å². The van der Waals surface area contributed by atoms with Crippen LogP contribution in [-0.4, -0.2) is 54.1 Å². The lowest BCUT2D eigenvalue weighted by Crippen LogP contribution is -2.52. The molecule has 0 aromatic carbocycles. The predicted molar refractivity (Wildman–Crippen MR) is 75.7 cm³/mol. The second-order valence-corrected chi connectivity index (χ2v) is 6.81. The number of fused-ring (bicyclic) bond motifs is 1. The molecule has 1 aliphatic carbocycles. The summed E-state index contributed by atoms with van der Waals surface area (Å²) in [7, 11) is 0. The predicted octanol–water partition coefficient (Wildman–Crippen LogP) is 1.82. The first kappa shape index (κ1) is 12.9. The Balaban J connectivity index is 1.45. The number of rotatable bonds is 3. The molecule has 104 valence electrons. The normalized spacial score (nSPS) is 33.5. The van der Waals surface area contributed by atoms with Crippen LogP contribution in [-0.2, 0) is 0 Å². The summed E-state index contributed by atoms with van der Waals surface area (Å²) in [4.78, 5) is 5.37. The summed E-state index contributed by atoms with van der Waals surface area (Å²) in [5.74, 6) is 0. The Hall–Kier alpha value is -0.120.